The highest BCUT2D eigenvalue weighted by molar-refractivity contribution is 9.10. The minimum Gasteiger partial charge on any atom is -0.467 e. The molecule has 0 amide bonds. The maximum absolute atomic E-state index is 6.26. The van der Waals surface area contributed by atoms with Crippen LogP contribution in [0, 0.1) is 5.92 Å². The molecule has 4 heteroatoms. The van der Waals surface area contributed by atoms with E-state index in [0.717, 1.165) is 21.2 Å². The molecule has 0 radical (unpaired) electrons. The lowest BCUT2D eigenvalue weighted by molar-refractivity contribution is 0.0511. The van der Waals surface area contributed by atoms with Crippen LogP contribution in [-0.2, 0) is 4.74 Å². The molecule has 2 nitrogen and oxygen atoms in total. The van der Waals surface area contributed by atoms with E-state index in [0.29, 0.717) is 5.92 Å². The van der Waals surface area contributed by atoms with E-state index in [9.17, 15) is 0 Å². The van der Waals surface area contributed by atoms with Crippen molar-refractivity contribution in [3.8, 4) is 5.75 Å². The van der Waals surface area contributed by atoms with Crippen LogP contribution in [0.5, 0.6) is 5.75 Å². The first-order chi connectivity index (χ1) is 7.63. The second-order valence-electron chi connectivity index (χ2n) is 4.17. The first-order valence-electron chi connectivity index (χ1n) is 5.24. The summed E-state index contributed by atoms with van der Waals surface area (Å²) in [6, 6.07) is 3.80. The maximum atomic E-state index is 6.26. The smallest absolute Gasteiger partial charge is 0.188 e. The van der Waals surface area contributed by atoms with Crippen LogP contribution in [0.4, 0.5) is 0 Å². The monoisotopic (exact) mass is 304 g/mol. The third-order valence-corrected chi connectivity index (χ3v) is 3.85. The van der Waals surface area contributed by atoms with Gasteiger partial charge < -0.3 is 9.47 Å². The fourth-order valence-corrected chi connectivity index (χ4v) is 3.05. The van der Waals surface area contributed by atoms with Crippen molar-refractivity contribution in [2.45, 2.75) is 19.3 Å². The molecular weight excluding hydrogens is 291 g/mol. The summed E-state index contributed by atoms with van der Waals surface area (Å²) < 4.78 is 11.2. The first-order valence-corrected chi connectivity index (χ1v) is 6.41. The summed E-state index contributed by atoms with van der Waals surface area (Å²) in [4.78, 5) is 0. The molecule has 2 rings (SSSR count). The lowest BCUT2D eigenvalue weighted by Crippen LogP contribution is -1.99. The first kappa shape index (κ1) is 12.2. The molecule has 1 aliphatic rings. The largest absolute Gasteiger partial charge is 0.467 e. The topological polar surface area (TPSA) is 18.5 Å². The average molecular weight is 306 g/mol. The zero-order valence-electron chi connectivity index (χ0n) is 9.30. The number of methoxy groups -OCH3 is 1. The van der Waals surface area contributed by atoms with Crippen molar-refractivity contribution >= 4 is 27.5 Å². The van der Waals surface area contributed by atoms with Gasteiger partial charge >= 0.3 is 0 Å². The Morgan fingerprint density at radius 2 is 2.19 bits per heavy atom. The number of benzene rings is 1. The van der Waals surface area contributed by atoms with Gasteiger partial charge in [-0.3, -0.25) is 0 Å². The van der Waals surface area contributed by atoms with E-state index in [2.05, 4.69) is 22.9 Å². The van der Waals surface area contributed by atoms with Crippen molar-refractivity contribution in [2.75, 3.05) is 13.9 Å². The van der Waals surface area contributed by atoms with Crippen LogP contribution in [0.1, 0.15) is 24.8 Å². The normalized spacial score (nSPS) is 23.2. The molecule has 0 saturated heterocycles. The molecule has 1 aromatic rings. The lowest BCUT2D eigenvalue weighted by Gasteiger charge is -2.10. The number of halogens is 2. The van der Waals surface area contributed by atoms with Gasteiger partial charge in [0.1, 0.15) is 5.75 Å². The Balaban J connectivity index is 2.22. The van der Waals surface area contributed by atoms with E-state index in [1.165, 1.54) is 12.0 Å². The molecule has 0 heterocycles. The zero-order chi connectivity index (χ0) is 11.7. The molecule has 0 bridgehead atoms. The molecule has 0 aliphatic heterocycles. The third-order valence-electron chi connectivity index (χ3n) is 2.88. The van der Waals surface area contributed by atoms with Crippen LogP contribution in [0.3, 0.4) is 0 Å². The zero-order valence-corrected chi connectivity index (χ0v) is 11.6. The summed E-state index contributed by atoms with van der Waals surface area (Å²) in [5, 5.41) is 0.773. The van der Waals surface area contributed by atoms with E-state index in [-0.39, 0.29) is 6.79 Å². The second kappa shape index (κ2) is 4.94. The number of hydrogen-bond donors (Lipinski definition) is 0. The third kappa shape index (κ3) is 2.53. The van der Waals surface area contributed by atoms with Crippen LogP contribution >= 0.6 is 27.5 Å². The Bertz CT molecular complexity index is 372. The summed E-state index contributed by atoms with van der Waals surface area (Å²) in [6.45, 7) is 2.48. The van der Waals surface area contributed by atoms with E-state index in [1.807, 2.05) is 12.1 Å². The Labute approximate surface area is 109 Å². The summed E-state index contributed by atoms with van der Waals surface area (Å²) in [7, 11) is 1.59. The standard InChI is InChI=1S/C12H14BrClO2/c1-7-3-9(7)12-10(13)4-8(5-11(12)14)16-6-15-2/h4-5,7,9H,3,6H2,1-2H3. The Morgan fingerprint density at radius 3 is 2.69 bits per heavy atom. The van der Waals surface area contributed by atoms with E-state index in [1.54, 1.807) is 7.11 Å². The molecular formula is C12H14BrClO2. The summed E-state index contributed by atoms with van der Waals surface area (Å²) in [5.74, 6) is 2.06. The minimum atomic E-state index is 0.238. The van der Waals surface area contributed by atoms with Gasteiger partial charge in [-0.1, -0.05) is 34.5 Å². The molecule has 0 N–H and O–H groups in total. The van der Waals surface area contributed by atoms with Gasteiger partial charge in [0, 0.05) is 16.6 Å². The van der Waals surface area contributed by atoms with Gasteiger partial charge in [-0.25, -0.2) is 0 Å². The fraction of sp³-hybridized carbons (Fsp3) is 0.500. The summed E-state index contributed by atoms with van der Waals surface area (Å²) >= 11 is 9.82. The molecule has 16 heavy (non-hydrogen) atoms. The quantitative estimate of drug-likeness (QED) is 0.776. The van der Waals surface area contributed by atoms with Crippen LogP contribution in [-0.4, -0.2) is 13.9 Å². The molecule has 2 unspecified atom stereocenters. The number of hydrogen-bond acceptors (Lipinski definition) is 2. The number of ether oxygens (including phenoxy) is 2. The maximum Gasteiger partial charge on any atom is 0.188 e. The van der Waals surface area contributed by atoms with Crippen molar-refractivity contribution in [2.24, 2.45) is 5.92 Å². The molecule has 1 fully saturated rings. The van der Waals surface area contributed by atoms with Gasteiger partial charge in [-0.05, 0) is 36.0 Å². The van der Waals surface area contributed by atoms with E-state index < -0.39 is 0 Å². The van der Waals surface area contributed by atoms with Crippen molar-refractivity contribution in [3.05, 3.63) is 27.2 Å². The molecule has 1 aliphatic carbocycles. The van der Waals surface area contributed by atoms with E-state index in [4.69, 9.17) is 21.1 Å². The van der Waals surface area contributed by atoms with E-state index >= 15 is 0 Å². The highest BCUT2D eigenvalue weighted by Gasteiger charge is 2.37. The van der Waals surface area contributed by atoms with Gasteiger partial charge in [0.05, 0.1) is 0 Å². The van der Waals surface area contributed by atoms with Gasteiger partial charge in [0.25, 0.3) is 0 Å². The Morgan fingerprint density at radius 1 is 1.50 bits per heavy atom. The van der Waals surface area contributed by atoms with Gasteiger partial charge in [-0.15, -0.1) is 0 Å². The SMILES string of the molecule is COCOc1cc(Cl)c(C2CC2C)c(Br)c1. The van der Waals surface area contributed by atoms with Crippen molar-refractivity contribution < 1.29 is 9.47 Å². The predicted molar refractivity (Wildman–Crippen MR) is 68.2 cm³/mol. The minimum absolute atomic E-state index is 0.238. The van der Waals surface area contributed by atoms with Gasteiger partial charge in [0.15, 0.2) is 6.79 Å². The predicted octanol–water partition coefficient (Wildman–Crippen LogP) is 4.21. The van der Waals surface area contributed by atoms with Crippen molar-refractivity contribution in [1.29, 1.82) is 0 Å². The summed E-state index contributed by atoms with van der Waals surface area (Å²) in [6.07, 6.45) is 1.22. The molecule has 1 aromatic carbocycles. The van der Waals surface area contributed by atoms with Crippen LogP contribution in [0.25, 0.3) is 0 Å². The van der Waals surface area contributed by atoms with Crippen LogP contribution in [0.15, 0.2) is 16.6 Å². The highest BCUT2D eigenvalue weighted by Crippen LogP contribution is 2.52. The van der Waals surface area contributed by atoms with Gasteiger partial charge in [-0.2, -0.15) is 0 Å². The van der Waals surface area contributed by atoms with Crippen molar-refractivity contribution in [1.82, 2.24) is 0 Å². The molecule has 0 spiro atoms. The number of rotatable bonds is 4. The van der Waals surface area contributed by atoms with Crippen LogP contribution < -0.4 is 4.74 Å². The second-order valence-corrected chi connectivity index (χ2v) is 5.43. The van der Waals surface area contributed by atoms with Crippen molar-refractivity contribution in [3.63, 3.8) is 0 Å². The average Bonchev–Trinajstić information content (AvgIpc) is 2.91. The molecule has 1 saturated carbocycles. The lowest BCUT2D eigenvalue weighted by atomic mass is 10.1. The summed E-state index contributed by atoms with van der Waals surface area (Å²) in [5.41, 5.74) is 1.21. The van der Waals surface area contributed by atoms with Gasteiger partial charge in [0.2, 0.25) is 0 Å². The Kier molecular flexibility index (Phi) is 3.77. The molecule has 0 aromatic heterocycles. The Hall–Kier alpha value is -0.250. The van der Waals surface area contributed by atoms with Crippen LogP contribution in [0.2, 0.25) is 5.02 Å². The highest BCUT2D eigenvalue weighted by atomic mass is 79.9. The molecule has 2 atom stereocenters. The fourth-order valence-electron chi connectivity index (χ4n) is 1.85. The molecule has 88 valence electrons.